The smallest absolute Gasteiger partial charge is 0.261 e. The van der Waals surface area contributed by atoms with E-state index in [9.17, 15) is 18.3 Å². The van der Waals surface area contributed by atoms with E-state index in [1.54, 1.807) is 13.0 Å². The first-order valence-corrected chi connectivity index (χ1v) is 5.78. The molecule has 0 aliphatic rings. The van der Waals surface area contributed by atoms with Crippen LogP contribution in [0.25, 0.3) is 0 Å². The van der Waals surface area contributed by atoms with Gasteiger partial charge < -0.3 is 9.84 Å². The molecule has 0 radical (unpaired) electrons. The summed E-state index contributed by atoms with van der Waals surface area (Å²) in [5.41, 5.74) is 1.61. The standard InChI is InChI=1S/C13H17F3O2/c1-9-6-11(14)3-2-10(9)7-12(17)4-5-18-8-13(15)16/h2-3,6,12-13,17H,4-5,7-8H2,1H3. The summed E-state index contributed by atoms with van der Waals surface area (Å²) in [6.45, 7) is 1.24. The molecular formula is C13H17F3O2. The highest BCUT2D eigenvalue weighted by molar-refractivity contribution is 5.27. The Labute approximate surface area is 104 Å². The molecule has 0 bridgehead atoms. The van der Waals surface area contributed by atoms with Gasteiger partial charge in [-0.3, -0.25) is 0 Å². The molecule has 1 aromatic carbocycles. The molecule has 0 aliphatic heterocycles. The summed E-state index contributed by atoms with van der Waals surface area (Å²) >= 11 is 0. The third-order valence-corrected chi connectivity index (χ3v) is 2.60. The van der Waals surface area contributed by atoms with Crippen LogP contribution in [0.3, 0.4) is 0 Å². The second-order valence-corrected chi connectivity index (χ2v) is 4.18. The van der Waals surface area contributed by atoms with Crippen LogP contribution in [0.2, 0.25) is 0 Å². The van der Waals surface area contributed by atoms with E-state index in [0.717, 1.165) is 11.1 Å². The van der Waals surface area contributed by atoms with E-state index in [4.69, 9.17) is 0 Å². The third kappa shape index (κ3) is 5.51. The van der Waals surface area contributed by atoms with Gasteiger partial charge in [0.25, 0.3) is 6.43 Å². The van der Waals surface area contributed by atoms with Gasteiger partial charge in [-0.15, -0.1) is 0 Å². The number of rotatable bonds is 7. The lowest BCUT2D eigenvalue weighted by molar-refractivity contribution is 0.00511. The fourth-order valence-corrected chi connectivity index (χ4v) is 1.64. The van der Waals surface area contributed by atoms with Crippen LogP contribution in [0.5, 0.6) is 0 Å². The first-order chi connectivity index (χ1) is 8.49. The van der Waals surface area contributed by atoms with Gasteiger partial charge in [-0.05, 0) is 43.0 Å². The maximum atomic E-state index is 12.9. The number of benzene rings is 1. The lowest BCUT2D eigenvalue weighted by Gasteiger charge is -2.12. The van der Waals surface area contributed by atoms with E-state index in [-0.39, 0.29) is 18.8 Å². The van der Waals surface area contributed by atoms with E-state index in [0.29, 0.717) is 6.42 Å². The predicted molar refractivity (Wildman–Crippen MR) is 62.3 cm³/mol. The number of ether oxygens (including phenoxy) is 1. The zero-order valence-electron chi connectivity index (χ0n) is 10.2. The summed E-state index contributed by atoms with van der Waals surface area (Å²) < 4.78 is 41.1. The van der Waals surface area contributed by atoms with Crippen molar-refractivity contribution in [3.63, 3.8) is 0 Å². The van der Waals surface area contributed by atoms with Gasteiger partial charge in [-0.1, -0.05) is 6.07 Å². The average molecular weight is 262 g/mol. The Balaban J connectivity index is 2.33. The fraction of sp³-hybridized carbons (Fsp3) is 0.538. The molecule has 0 aromatic heterocycles. The Hall–Kier alpha value is -1.07. The fourth-order valence-electron chi connectivity index (χ4n) is 1.64. The van der Waals surface area contributed by atoms with Crippen molar-refractivity contribution >= 4 is 0 Å². The molecule has 102 valence electrons. The van der Waals surface area contributed by atoms with Gasteiger partial charge in [0, 0.05) is 6.61 Å². The first kappa shape index (κ1) is 15.0. The molecule has 0 heterocycles. The molecule has 0 aliphatic carbocycles. The maximum Gasteiger partial charge on any atom is 0.261 e. The van der Waals surface area contributed by atoms with Crippen LogP contribution >= 0.6 is 0 Å². The van der Waals surface area contributed by atoms with Crippen molar-refractivity contribution in [1.29, 1.82) is 0 Å². The molecular weight excluding hydrogens is 245 g/mol. The lowest BCUT2D eigenvalue weighted by Crippen LogP contribution is -2.16. The van der Waals surface area contributed by atoms with Crippen LogP contribution in [0.4, 0.5) is 13.2 Å². The molecule has 5 heteroatoms. The van der Waals surface area contributed by atoms with E-state index in [1.807, 2.05) is 0 Å². The summed E-state index contributed by atoms with van der Waals surface area (Å²) in [4.78, 5) is 0. The minimum Gasteiger partial charge on any atom is -0.393 e. The largest absolute Gasteiger partial charge is 0.393 e. The highest BCUT2D eigenvalue weighted by Crippen LogP contribution is 2.13. The summed E-state index contributed by atoms with van der Waals surface area (Å²) in [5.74, 6) is -0.314. The Morgan fingerprint density at radius 2 is 2.06 bits per heavy atom. The molecule has 1 atom stereocenters. The third-order valence-electron chi connectivity index (χ3n) is 2.60. The van der Waals surface area contributed by atoms with Crippen molar-refractivity contribution in [3.8, 4) is 0 Å². The van der Waals surface area contributed by atoms with Crippen molar-refractivity contribution in [2.24, 2.45) is 0 Å². The zero-order valence-corrected chi connectivity index (χ0v) is 10.2. The molecule has 0 saturated carbocycles. The van der Waals surface area contributed by atoms with Crippen LogP contribution < -0.4 is 0 Å². The Morgan fingerprint density at radius 3 is 2.67 bits per heavy atom. The van der Waals surface area contributed by atoms with Gasteiger partial charge in [0.1, 0.15) is 12.4 Å². The molecule has 18 heavy (non-hydrogen) atoms. The molecule has 1 rings (SSSR count). The Bertz CT molecular complexity index is 369. The molecule has 1 unspecified atom stereocenters. The second-order valence-electron chi connectivity index (χ2n) is 4.18. The van der Waals surface area contributed by atoms with Gasteiger partial charge >= 0.3 is 0 Å². The topological polar surface area (TPSA) is 29.5 Å². The molecule has 0 spiro atoms. The molecule has 0 saturated heterocycles. The van der Waals surface area contributed by atoms with Crippen LogP contribution in [-0.2, 0) is 11.2 Å². The van der Waals surface area contributed by atoms with Crippen molar-refractivity contribution in [1.82, 2.24) is 0 Å². The molecule has 1 N–H and O–H groups in total. The normalized spacial score (nSPS) is 13.0. The Morgan fingerprint density at radius 1 is 1.33 bits per heavy atom. The van der Waals surface area contributed by atoms with Gasteiger partial charge in [0.15, 0.2) is 0 Å². The number of hydrogen-bond acceptors (Lipinski definition) is 2. The molecule has 0 amide bonds. The van der Waals surface area contributed by atoms with E-state index >= 15 is 0 Å². The summed E-state index contributed by atoms with van der Waals surface area (Å²) in [6.07, 6.45) is -2.51. The number of aryl methyl sites for hydroxylation is 1. The average Bonchev–Trinajstić information content (AvgIpc) is 2.28. The van der Waals surface area contributed by atoms with E-state index < -0.39 is 19.1 Å². The minimum atomic E-state index is -2.48. The number of halogens is 3. The summed E-state index contributed by atoms with van der Waals surface area (Å²) in [7, 11) is 0. The van der Waals surface area contributed by atoms with Gasteiger partial charge in [-0.2, -0.15) is 0 Å². The van der Waals surface area contributed by atoms with Crippen LogP contribution in [0.15, 0.2) is 18.2 Å². The Kier molecular flexibility index (Phi) is 6.15. The SMILES string of the molecule is Cc1cc(F)ccc1CC(O)CCOCC(F)F. The van der Waals surface area contributed by atoms with Crippen molar-refractivity contribution in [2.45, 2.75) is 32.3 Å². The number of hydrogen-bond donors (Lipinski definition) is 1. The van der Waals surface area contributed by atoms with E-state index in [2.05, 4.69) is 4.74 Å². The van der Waals surface area contributed by atoms with Crippen LogP contribution in [0.1, 0.15) is 17.5 Å². The van der Waals surface area contributed by atoms with Crippen LogP contribution in [-0.4, -0.2) is 30.8 Å². The maximum absolute atomic E-state index is 12.9. The number of aliphatic hydroxyl groups is 1. The van der Waals surface area contributed by atoms with Crippen molar-refractivity contribution < 1.29 is 23.0 Å². The first-order valence-electron chi connectivity index (χ1n) is 5.78. The minimum absolute atomic E-state index is 0.0890. The summed E-state index contributed by atoms with van der Waals surface area (Å²) in [5, 5.41) is 9.70. The lowest BCUT2D eigenvalue weighted by atomic mass is 10.0. The highest BCUT2D eigenvalue weighted by Gasteiger charge is 2.09. The monoisotopic (exact) mass is 262 g/mol. The van der Waals surface area contributed by atoms with Crippen molar-refractivity contribution in [2.75, 3.05) is 13.2 Å². The highest BCUT2D eigenvalue weighted by atomic mass is 19.3. The van der Waals surface area contributed by atoms with Crippen LogP contribution in [0, 0.1) is 12.7 Å². The molecule has 2 nitrogen and oxygen atoms in total. The van der Waals surface area contributed by atoms with Gasteiger partial charge in [0.2, 0.25) is 0 Å². The molecule has 0 fully saturated rings. The van der Waals surface area contributed by atoms with Gasteiger partial charge in [-0.25, -0.2) is 13.2 Å². The van der Waals surface area contributed by atoms with Gasteiger partial charge in [0.05, 0.1) is 6.10 Å². The van der Waals surface area contributed by atoms with Crippen molar-refractivity contribution in [3.05, 3.63) is 35.1 Å². The number of aliphatic hydroxyl groups excluding tert-OH is 1. The molecule has 1 aromatic rings. The zero-order chi connectivity index (χ0) is 13.5. The quantitative estimate of drug-likeness (QED) is 0.766. The second kappa shape index (κ2) is 7.38. The van der Waals surface area contributed by atoms with E-state index in [1.165, 1.54) is 12.1 Å². The number of alkyl halides is 2. The predicted octanol–water partition coefficient (Wildman–Crippen LogP) is 2.71. The summed E-state index contributed by atoms with van der Waals surface area (Å²) in [6, 6.07) is 4.35.